The number of benzene rings is 1. The van der Waals surface area contributed by atoms with Crippen molar-refractivity contribution in [2.75, 3.05) is 53.5 Å². The third-order valence-corrected chi connectivity index (χ3v) is 4.48. The van der Waals surface area contributed by atoms with Crippen molar-refractivity contribution in [2.45, 2.75) is 19.5 Å². The minimum absolute atomic E-state index is 0.186. The predicted octanol–water partition coefficient (Wildman–Crippen LogP) is 1.30. The quantitative estimate of drug-likeness (QED) is 0.759. The number of methoxy groups -OCH3 is 1. The number of carbonyl (C=O) groups is 1. The average molecular weight is 319 g/mol. The molecule has 0 bridgehead atoms. The summed E-state index contributed by atoms with van der Waals surface area (Å²) in [5.41, 5.74) is 1.17. The van der Waals surface area contributed by atoms with Crippen molar-refractivity contribution in [1.29, 1.82) is 0 Å². The number of hydrogen-bond donors (Lipinski definition) is 0. The first-order valence-corrected chi connectivity index (χ1v) is 8.33. The lowest BCUT2D eigenvalue weighted by Gasteiger charge is -2.39. The lowest BCUT2D eigenvalue weighted by atomic mass is 10.2. The molecule has 1 atom stereocenters. The van der Waals surface area contributed by atoms with E-state index in [9.17, 15) is 4.79 Å². The van der Waals surface area contributed by atoms with E-state index in [1.165, 1.54) is 5.56 Å². The monoisotopic (exact) mass is 319 g/mol. The summed E-state index contributed by atoms with van der Waals surface area (Å²) in [6, 6.07) is 10.6. The molecule has 1 aliphatic heterocycles. The predicted molar refractivity (Wildman–Crippen MR) is 92.3 cm³/mol. The Kier molecular flexibility index (Phi) is 7.02. The number of nitrogens with zero attached hydrogens (tertiary/aromatic N) is 3. The van der Waals surface area contributed by atoms with Gasteiger partial charge in [0, 0.05) is 52.9 Å². The Morgan fingerprint density at radius 3 is 2.70 bits per heavy atom. The Morgan fingerprint density at radius 2 is 2.04 bits per heavy atom. The Bertz CT molecular complexity index is 480. The largest absolute Gasteiger partial charge is 0.383 e. The number of rotatable bonds is 7. The molecule has 1 aromatic rings. The number of likely N-dealkylation sites (N-methyl/N-ethyl adjacent to an activating group) is 1. The molecular formula is C18H29N3O2. The lowest BCUT2D eigenvalue weighted by molar-refractivity contribution is -0.132. The highest BCUT2D eigenvalue weighted by atomic mass is 16.5. The molecule has 23 heavy (non-hydrogen) atoms. The number of ether oxygens (including phenoxy) is 1. The molecule has 0 spiro atoms. The maximum Gasteiger partial charge on any atom is 0.236 e. The summed E-state index contributed by atoms with van der Waals surface area (Å²) in [6.45, 7) is 8.01. The van der Waals surface area contributed by atoms with Crippen molar-refractivity contribution in [3.8, 4) is 0 Å². The zero-order chi connectivity index (χ0) is 16.7. The van der Waals surface area contributed by atoms with Gasteiger partial charge in [-0.2, -0.15) is 0 Å². The summed E-state index contributed by atoms with van der Waals surface area (Å²) >= 11 is 0. The molecule has 0 aliphatic carbocycles. The minimum Gasteiger partial charge on any atom is -0.383 e. The van der Waals surface area contributed by atoms with Gasteiger partial charge in [0.2, 0.25) is 5.91 Å². The molecule has 128 valence electrons. The Hall–Kier alpha value is -1.43. The summed E-state index contributed by atoms with van der Waals surface area (Å²) in [4.78, 5) is 18.9. The number of hydrogen-bond acceptors (Lipinski definition) is 4. The van der Waals surface area contributed by atoms with E-state index >= 15 is 0 Å². The summed E-state index contributed by atoms with van der Waals surface area (Å²) < 4.78 is 5.16. The van der Waals surface area contributed by atoms with Crippen LogP contribution in [0.4, 0.5) is 0 Å². The maximum atomic E-state index is 12.4. The van der Waals surface area contributed by atoms with E-state index in [-0.39, 0.29) is 5.91 Å². The number of piperazine rings is 1. The zero-order valence-electron chi connectivity index (χ0n) is 14.6. The molecule has 0 N–H and O–H groups in total. The molecule has 1 aromatic carbocycles. The van der Waals surface area contributed by atoms with Gasteiger partial charge in [-0.1, -0.05) is 30.3 Å². The van der Waals surface area contributed by atoms with E-state index in [0.717, 1.165) is 32.8 Å². The first-order chi connectivity index (χ1) is 11.1. The molecule has 0 aromatic heterocycles. The van der Waals surface area contributed by atoms with Crippen LogP contribution in [0, 0.1) is 0 Å². The molecule has 1 aliphatic rings. The summed E-state index contributed by atoms with van der Waals surface area (Å²) in [5.74, 6) is 0.186. The summed E-state index contributed by atoms with van der Waals surface area (Å²) in [7, 11) is 3.62. The maximum absolute atomic E-state index is 12.4. The van der Waals surface area contributed by atoms with Crippen LogP contribution in [0.2, 0.25) is 0 Å². The molecule has 2 rings (SSSR count). The van der Waals surface area contributed by atoms with Crippen molar-refractivity contribution < 1.29 is 9.53 Å². The molecule has 0 saturated carbocycles. The summed E-state index contributed by atoms with van der Waals surface area (Å²) in [5, 5.41) is 0. The van der Waals surface area contributed by atoms with Crippen LogP contribution in [0.3, 0.4) is 0 Å². The lowest BCUT2D eigenvalue weighted by Crippen LogP contribution is -2.54. The molecule has 5 nitrogen and oxygen atoms in total. The number of amides is 1. The minimum atomic E-state index is 0.186. The topological polar surface area (TPSA) is 36.0 Å². The van der Waals surface area contributed by atoms with Crippen LogP contribution in [0.5, 0.6) is 0 Å². The fraction of sp³-hybridized carbons (Fsp3) is 0.611. The SMILES string of the molecule is COCCN1CCN(CC(=O)N(C)Cc2ccccc2)C[C@@H]1C. The van der Waals surface area contributed by atoms with Gasteiger partial charge in [-0.15, -0.1) is 0 Å². The van der Waals surface area contributed by atoms with E-state index in [2.05, 4.69) is 28.9 Å². The van der Waals surface area contributed by atoms with Crippen LogP contribution >= 0.6 is 0 Å². The smallest absolute Gasteiger partial charge is 0.236 e. The summed E-state index contributed by atoms with van der Waals surface area (Å²) in [6.07, 6.45) is 0. The van der Waals surface area contributed by atoms with Gasteiger partial charge in [0.1, 0.15) is 0 Å². The van der Waals surface area contributed by atoms with Gasteiger partial charge in [0.25, 0.3) is 0 Å². The van der Waals surface area contributed by atoms with Crippen molar-refractivity contribution >= 4 is 5.91 Å². The van der Waals surface area contributed by atoms with Gasteiger partial charge >= 0.3 is 0 Å². The van der Waals surface area contributed by atoms with Crippen molar-refractivity contribution in [3.05, 3.63) is 35.9 Å². The van der Waals surface area contributed by atoms with Gasteiger partial charge in [-0.05, 0) is 12.5 Å². The highest BCUT2D eigenvalue weighted by molar-refractivity contribution is 5.78. The second kappa shape index (κ2) is 9.01. The van der Waals surface area contributed by atoms with E-state index in [4.69, 9.17) is 4.74 Å². The van der Waals surface area contributed by atoms with E-state index in [0.29, 0.717) is 19.1 Å². The van der Waals surface area contributed by atoms with Crippen LogP contribution in [-0.4, -0.2) is 80.1 Å². The average Bonchev–Trinajstić information content (AvgIpc) is 2.55. The van der Waals surface area contributed by atoms with Crippen LogP contribution < -0.4 is 0 Å². The van der Waals surface area contributed by atoms with Gasteiger partial charge in [-0.3, -0.25) is 14.6 Å². The standard InChI is InChI=1S/C18H29N3O2/c1-16-13-20(9-10-21(16)11-12-23-3)15-18(22)19(2)14-17-7-5-4-6-8-17/h4-8,16H,9-15H2,1-3H3/t16-/m0/s1. The van der Waals surface area contributed by atoms with Crippen LogP contribution in [0.1, 0.15) is 12.5 Å². The van der Waals surface area contributed by atoms with Crippen molar-refractivity contribution in [3.63, 3.8) is 0 Å². The molecule has 1 heterocycles. The molecule has 0 unspecified atom stereocenters. The normalized spacial score (nSPS) is 19.7. The Labute approximate surface area is 139 Å². The van der Waals surface area contributed by atoms with Crippen molar-refractivity contribution in [2.24, 2.45) is 0 Å². The molecule has 1 amide bonds. The van der Waals surface area contributed by atoms with Crippen molar-refractivity contribution in [1.82, 2.24) is 14.7 Å². The first-order valence-electron chi connectivity index (χ1n) is 8.33. The van der Waals surface area contributed by atoms with Gasteiger partial charge < -0.3 is 9.64 Å². The second-order valence-electron chi connectivity index (χ2n) is 6.35. The molecule has 1 fully saturated rings. The van der Waals surface area contributed by atoms with E-state index in [1.807, 2.05) is 30.1 Å². The fourth-order valence-corrected chi connectivity index (χ4v) is 3.01. The molecule has 5 heteroatoms. The fourth-order valence-electron chi connectivity index (χ4n) is 3.01. The van der Waals surface area contributed by atoms with Gasteiger partial charge in [-0.25, -0.2) is 0 Å². The molecule has 1 saturated heterocycles. The van der Waals surface area contributed by atoms with Crippen LogP contribution in [-0.2, 0) is 16.1 Å². The Balaban J connectivity index is 1.77. The Morgan fingerprint density at radius 1 is 1.30 bits per heavy atom. The van der Waals surface area contributed by atoms with E-state index < -0.39 is 0 Å². The number of carbonyl (C=O) groups excluding carboxylic acids is 1. The second-order valence-corrected chi connectivity index (χ2v) is 6.35. The van der Waals surface area contributed by atoms with Gasteiger partial charge in [0.05, 0.1) is 13.2 Å². The molecular weight excluding hydrogens is 290 g/mol. The zero-order valence-corrected chi connectivity index (χ0v) is 14.6. The van der Waals surface area contributed by atoms with Crippen LogP contribution in [0.15, 0.2) is 30.3 Å². The highest BCUT2D eigenvalue weighted by Gasteiger charge is 2.25. The highest BCUT2D eigenvalue weighted by Crippen LogP contribution is 2.10. The molecule has 0 radical (unpaired) electrons. The van der Waals surface area contributed by atoms with E-state index in [1.54, 1.807) is 7.11 Å². The third-order valence-electron chi connectivity index (χ3n) is 4.48. The van der Waals surface area contributed by atoms with Crippen LogP contribution in [0.25, 0.3) is 0 Å². The first kappa shape index (κ1) is 17.9. The van der Waals surface area contributed by atoms with Gasteiger partial charge in [0.15, 0.2) is 0 Å². The third kappa shape index (κ3) is 5.61.